The van der Waals surface area contributed by atoms with Crippen LogP contribution in [0.15, 0.2) is 18.2 Å². The van der Waals surface area contributed by atoms with Crippen LogP contribution in [-0.2, 0) is 4.74 Å². The number of morpholine rings is 1. The van der Waals surface area contributed by atoms with Crippen molar-refractivity contribution in [2.45, 2.75) is 44.1 Å². The molecule has 1 aromatic rings. The SMILES string of the molecule is C#CCN1CCC2(CC1)CN(C(=O)c1cc(C)ccc1C1CC1)CCO2. The molecule has 3 fully saturated rings. The van der Waals surface area contributed by atoms with Crippen LogP contribution in [0.4, 0.5) is 0 Å². The molecule has 1 aromatic carbocycles. The highest BCUT2D eigenvalue weighted by Gasteiger charge is 2.41. The smallest absolute Gasteiger partial charge is 0.254 e. The van der Waals surface area contributed by atoms with Crippen molar-refractivity contribution in [3.8, 4) is 12.3 Å². The van der Waals surface area contributed by atoms with E-state index in [4.69, 9.17) is 11.2 Å². The highest BCUT2D eigenvalue weighted by molar-refractivity contribution is 5.96. The fourth-order valence-electron chi connectivity index (χ4n) is 4.34. The number of rotatable bonds is 3. The van der Waals surface area contributed by atoms with Gasteiger partial charge in [0.25, 0.3) is 5.91 Å². The number of benzene rings is 1. The van der Waals surface area contributed by atoms with E-state index in [9.17, 15) is 4.79 Å². The number of ether oxygens (including phenoxy) is 1. The van der Waals surface area contributed by atoms with E-state index in [1.54, 1.807) is 0 Å². The Bertz CT molecular complexity index is 724. The quantitative estimate of drug-likeness (QED) is 0.784. The Morgan fingerprint density at radius 3 is 2.77 bits per heavy atom. The Morgan fingerprint density at radius 2 is 2.08 bits per heavy atom. The molecule has 0 bridgehead atoms. The van der Waals surface area contributed by atoms with Gasteiger partial charge in [-0.15, -0.1) is 6.42 Å². The Labute approximate surface area is 156 Å². The van der Waals surface area contributed by atoms with Crippen molar-refractivity contribution < 1.29 is 9.53 Å². The van der Waals surface area contributed by atoms with E-state index in [0.29, 0.717) is 32.2 Å². The summed E-state index contributed by atoms with van der Waals surface area (Å²) in [5.74, 6) is 3.49. The van der Waals surface area contributed by atoms with Gasteiger partial charge in [0, 0.05) is 25.2 Å². The molecule has 0 atom stereocenters. The minimum absolute atomic E-state index is 0.185. The topological polar surface area (TPSA) is 32.8 Å². The zero-order chi connectivity index (χ0) is 18.1. The van der Waals surface area contributed by atoms with Crippen LogP contribution in [-0.4, -0.2) is 60.6 Å². The molecular formula is C22H28N2O2. The minimum atomic E-state index is -0.192. The average Bonchev–Trinajstić information content (AvgIpc) is 3.49. The van der Waals surface area contributed by atoms with Crippen LogP contribution in [0.25, 0.3) is 0 Å². The van der Waals surface area contributed by atoms with E-state index >= 15 is 0 Å². The molecular weight excluding hydrogens is 324 g/mol. The number of carbonyl (C=O) groups is 1. The zero-order valence-corrected chi connectivity index (χ0v) is 15.7. The Balaban J connectivity index is 1.49. The fraction of sp³-hybridized carbons (Fsp3) is 0.591. The second-order valence-corrected chi connectivity index (χ2v) is 8.10. The Hall–Kier alpha value is -1.83. The molecule has 2 saturated heterocycles. The monoisotopic (exact) mass is 352 g/mol. The van der Waals surface area contributed by atoms with Crippen LogP contribution >= 0.6 is 0 Å². The maximum atomic E-state index is 13.3. The molecule has 0 N–H and O–H groups in total. The van der Waals surface area contributed by atoms with Gasteiger partial charge in [0.05, 0.1) is 25.3 Å². The van der Waals surface area contributed by atoms with Crippen LogP contribution in [0.5, 0.6) is 0 Å². The molecule has 3 aliphatic rings. The van der Waals surface area contributed by atoms with E-state index in [1.807, 2.05) is 4.90 Å². The number of hydrogen-bond donors (Lipinski definition) is 0. The minimum Gasteiger partial charge on any atom is -0.371 e. The van der Waals surface area contributed by atoms with Crippen molar-refractivity contribution in [1.82, 2.24) is 9.80 Å². The largest absolute Gasteiger partial charge is 0.371 e. The highest BCUT2D eigenvalue weighted by Crippen LogP contribution is 2.42. The van der Waals surface area contributed by atoms with Gasteiger partial charge in [-0.1, -0.05) is 23.6 Å². The molecule has 26 heavy (non-hydrogen) atoms. The molecule has 1 aliphatic carbocycles. The number of amides is 1. The fourth-order valence-corrected chi connectivity index (χ4v) is 4.34. The summed E-state index contributed by atoms with van der Waals surface area (Å²) in [6, 6.07) is 6.37. The molecule has 138 valence electrons. The summed E-state index contributed by atoms with van der Waals surface area (Å²) < 4.78 is 6.19. The zero-order valence-electron chi connectivity index (χ0n) is 15.7. The number of likely N-dealkylation sites (tertiary alicyclic amines) is 1. The highest BCUT2D eigenvalue weighted by atomic mass is 16.5. The predicted molar refractivity (Wildman–Crippen MR) is 102 cm³/mol. The van der Waals surface area contributed by atoms with E-state index in [-0.39, 0.29) is 11.5 Å². The van der Waals surface area contributed by atoms with E-state index in [1.165, 1.54) is 18.4 Å². The van der Waals surface area contributed by atoms with Crippen LogP contribution in [0, 0.1) is 19.3 Å². The summed E-state index contributed by atoms with van der Waals surface area (Å²) in [6.07, 6.45) is 9.75. The van der Waals surface area contributed by atoms with Crippen LogP contribution in [0.1, 0.15) is 53.1 Å². The van der Waals surface area contributed by atoms with Crippen molar-refractivity contribution in [3.05, 3.63) is 34.9 Å². The molecule has 2 heterocycles. The second kappa shape index (κ2) is 7.06. The standard InChI is InChI=1S/C22H28N2O2/c1-3-10-23-11-8-22(9-12-23)16-24(13-14-26-22)21(25)20-15-17(2)4-7-19(20)18-5-6-18/h1,4,7,15,18H,5-6,8-14,16H2,2H3. The summed E-state index contributed by atoms with van der Waals surface area (Å²) in [5.41, 5.74) is 3.12. The van der Waals surface area contributed by atoms with Crippen molar-refractivity contribution in [1.29, 1.82) is 0 Å². The molecule has 1 spiro atoms. The summed E-state index contributed by atoms with van der Waals surface area (Å²) in [7, 11) is 0. The van der Waals surface area contributed by atoms with Crippen LogP contribution in [0.2, 0.25) is 0 Å². The Kier molecular flexibility index (Phi) is 4.77. The van der Waals surface area contributed by atoms with Crippen LogP contribution in [0.3, 0.4) is 0 Å². The molecule has 1 amide bonds. The number of hydrogen-bond acceptors (Lipinski definition) is 3. The van der Waals surface area contributed by atoms with Gasteiger partial charge in [-0.3, -0.25) is 9.69 Å². The Morgan fingerprint density at radius 1 is 1.31 bits per heavy atom. The van der Waals surface area contributed by atoms with Gasteiger partial charge in [-0.25, -0.2) is 0 Å². The lowest BCUT2D eigenvalue weighted by molar-refractivity contribution is -0.126. The summed E-state index contributed by atoms with van der Waals surface area (Å²) in [5, 5.41) is 0. The second-order valence-electron chi connectivity index (χ2n) is 8.10. The molecule has 1 saturated carbocycles. The third-order valence-corrected chi connectivity index (χ3v) is 6.07. The van der Waals surface area contributed by atoms with Crippen molar-refractivity contribution >= 4 is 5.91 Å². The average molecular weight is 352 g/mol. The van der Waals surface area contributed by atoms with Gasteiger partial charge in [0.1, 0.15) is 0 Å². The third-order valence-electron chi connectivity index (χ3n) is 6.07. The van der Waals surface area contributed by atoms with Gasteiger partial charge in [-0.2, -0.15) is 0 Å². The first-order chi connectivity index (χ1) is 12.6. The first kappa shape index (κ1) is 17.6. The summed E-state index contributed by atoms with van der Waals surface area (Å²) in [4.78, 5) is 17.7. The lowest BCUT2D eigenvalue weighted by Crippen LogP contribution is -2.58. The number of nitrogens with zero attached hydrogens (tertiary/aromatic N) is 2. The number of carbonyl (C=O) groups excluding carboxylic acids is 1. The van der Waals surface area contributed by atoms with Gasteiger partial charge in [0.15, 0.2) is 0 Å². The third kappa shape index (κ3) is 3.51. The molecule has 0 aromatic heterocycles. The maximum absolute atomic E-state index is 13.3. The summed E-state index contributed by atoms with van der Waals surface area (Å²) in [6.45, 7) is 6.68. The van der Waals surface area contributed by atoms with Crippen molar-refractivity contribution in [2.24, 2.45) is 0 Å². The van der Waals surface area contributed by atoms with Gasteiger partial charge < -0.3 is 9.64 Å². The number of aryl methyl sites for hydroxylation is 1. The van der Waals surface area contributed by atoms with E-state index < -0.39 is 0 Å². The molecule has 4 rings (SSSR count). The molecule has 4 heteroatoms. The molecule has 0 unspecified atom stereocenters. The molecule has 4 nitrogen and oxygen atoms in total. The normalized spacial score (nSPS) is 23.0. The summed E-state index contributed by atoms with van der Waals surface area (Å²) >= 11 is 0. The molecule has 2 aliphatic heterocycles. The van der Waals surface area contributed by atoms with E-state index in [0.717, 1.165) is 37.1 Å². The van der Waals surface area contributed by atoms with Gasteiger partial charge >= 0.3 is 0 Å². The van der Waals surface area contributed by atoms with Gasteiger partial charge in [-0.05, 0) is 50.2 Å². The maximum Gasteiger partial charge on any atom is 0.254 e. The lowest BCUT2D eigenvalue weighted by Gasteiger charge is -2.47. The first-order valence-corrected chi connectivity index (χ1v) is 9.80. The van der Waals surface area contributed by atoms with E-state index in [2.05, 4.69) is 35.9 Å². The van der Waals surface area contributed by atoms with Crippen molar-refractivity contribution in [3.63, 3.8) is 0 Å². The number of piperidine rings is 1. The van der Waals surface area contributed by atoms with Crippen LogP contribution < -0.4 is 0 Å². The number of terminal acetylenes is 1. The first-order valence-electron chi connectivity index (χ1n) is 9.80. The predicted octanol–water partition coefficient (Wildman–Crippen LogP) is 2.81. The lowest BCUT2D eigenvalue weighted by atomic mass is 9.88. The van der Waals surface area contributed by atoms with Gasteiger partial charge in [0.2, 0.25) is 0 Å². The molecule has 0 radical (unpaired) electrons. The van der Waals surface area contributed by atoms with Crippen molar-refractivity contribution in [2.75, 3.05) is 39.3 Å².